The summed E-state index contributed by atoms with van der Waals surface area (Å²) in [6.45, 7) is 11.9. The largest absolute Gasteiger partial charge is 0.392 e. The predicted molar refractivity (Wildman–Crippen MR) is 80.5 cm³/mol. The molecule has 0 bridgehead atoms. The van der Waals surface area contributed by atoms with Crippen LogP contribution in [0.3, 0.4) is 0 Å². The molecule has 19 heavy (non-hydrogen) atoms. The second-order valence-corrected chi connectivity index (χ2v) is 4.62. The molecule has 0 aliphatic carbocycles. The lowest BCUT2D eigenvalue weighted by Gasteiger charge is -2.26. The van der Waals surface area contributed by atoms with Gasteiger partial charge in [0, 0.05) is 24.8 Å². The van der Waals surface area contributed by atoms with Crippen molar-refractivity contribution in [3.05, 3.63) is 24.0 Å². The zero-order valence-corrected chi connectivity index (χ0v) is 12.5. The van der Waals surface area contributed by atoms with Crippen molar-refractivity contribution in [3.63, 3.8) is 0 Å². The van der Waals surface area contributed by atoms with Gasteiger partial charge >= 0.3 is 0 Å². The minimum atomic E-state index is 0.0738. The molecule has 1 aromatic heterocycles. The molecule has 1 N–H and O–H groups in total. The second-order valence-electron chi connectivity index (χ2n) is 4.62. The summed E-state index contributed by atoms with van der Waals surface area (Å²) in [6.07, 6.45) is 4.72. The third kappa shape index (κ3) is 4.80. The number of pyridine rings is 1. The molecule has 4 nitrogen and oxygen atoms in total. The Balaban J connectivity index is 2.58. The van der Waals surface area contributed by atoms with E-state index in [1.165, 1.54) is 0 Å². The minimum Gasteiger partial charge on any atom is -0.392 e. The average Bonchev–Trinajstić information content (AvgIpc) is 2.48. The van der Waals surface area contributed by atoms with E-state index in [1.807, 2.05) is 12.3 Å². The highest BCUT2D eigenvalue weighted by Crippen LogP contribution is 2.19. The molecule has 0 aromatic carbocycles. The summed E-state index contributed by atoms with van der Waals surface area (Å²) in [4.78, 5) is 8.90. The molecule has 4 heteroatoms. The van der Waals surface area contributed by atoms with Gasteiger partial charge in [0.05, 0.1) is 18.5 Å². The normalized spacial score (nSPS) is 11.0. The Bertz CT molecular complexity index is 353. The van der Waals surface area contributed by atoms with Gasteiger partial charge in [-0.15, -0.1) is 0 Å². The first-order valence-corrected chi connectivity index (χ1v) is 7.27. The van der Waals surface area contributed by atoms with Gasteiger partial charge in [-0.3, -0.25) is 4.98 Å². The molecule has 108 valence electrons. The number of hydrogen-bond donors (Lipinski definition) is 1. The first kappa shape index (κ1) is 15.9. The van der Waals surface area contributed by atoms with Crippen LogP contribution in [0.4, 0.5) is 5.69 Å². The Hall–Kier alpha value is -1.13. The zero-order chi connectivity index (χ0) is 14.1. The van der Waals surface area contributed by atoms with Gasteiger partial charge in [-0.25, -0.2) is 0 Å². The van der Waals surface area contributed by atoms with Crippen molar-refractivity contribution in [2.45, 2.75) is 33.8 Å². The molecule has 0 atom stereocenters. The van der Waals surface area contributed by atoms with Crippen molar-refractivity contribution in [3.8, 4) is 0 Å². The smallest absolute Gasteiger partial charge is 0.0703 e. The molecule has 0 unspecified atom stereocenters. The number of aromatic nitrogens is 1. The monoisotopic (exact) mass is 265 g/mol. The third-order valence-electron chi connectivity index (χ3n) is 3.58. The number of anilines is 1. The summed E-state index contributed by atoms with van der Waals surface area (Å²) in [7, 11) is 0. The van der Waals surface area contributed by atoms with Crippen molar-refractivity contribution >= 4 is 5.69 Å². The maximum atomic E-state index is 9.39. The van der Waals surface area contributed by atoms with Crippen LogP contribution in [0.2, 0.25) is 0 Å². The lowest BCUT2D eigenvalue weighted by Crippen LogP contribution is -2.30. The van der Waals surface area contributed by atoms with Crippen LogP contribution in [0.1, 0.15) is 32.8 Å². The average molecular weight is 265 g/mol. The van der Waals surface area contributed by atoms with Gasteiger partial charge < -0.3 is 14.9 Å². The van der Waals surface area contributed by atoms with Crippen molar-refractivity contribution < 1.29 is 5.11 Å². The molecule has 0 radical (unpaired) electrons. The molecule has 0 aliphatic rings. The zero-order valence-electron chi connectivity index (χ0n) is 12.5. The maximum Gasteiger partial charge on any atom is 0.0703 e. The van der Waals surface area contributed by atoms with Crippen molar-refractivity contribution in [1.82, 2.24) is 9.88 Å². The van der Waals surface area contributed by atoms with Crippen LogP contribution in [-0.2, 0) is 6.61 Å². The quantitative estimate of drug-likeness (QED) is 0.742. The van der Waals surface area contributed by atoms with Crippen molar-refractivity contribution in [2.24, 2.45) is 0 Å². The maximum absolute atomic E-state index is 9.39. The van der Waals surface area contributed by atoms with E-state index in [1.54, 1.807) is 6.20 Å². The first-order chi connectivity index (χ1) is 9.26. The highest BCUT2D eigenvalue weighted by molar-refractivity contribution is 5.51. The Labute approximate surface area is 117 Å². The summed E-state index contributed by atoms with van der Waals surface area (Å²) in [5.74, 6) is 0. The van der Waals surface area contributed by atoms with Crippen molar-refractivity contribution in [1.29, 1.82) is 0 Å². The standard InChI is InChI=1S/C15H27N3O/c1-4-17(5-2)10-7-11-18(6-3)15-12-16-9-8-14(15)13-19/h8-9,12,19H,4-7,10-11,13H2,1-3H3. The molecule has 0 amide bonds. The summed E-state index contributed by atoms with van der Waals surface area (Å²) in [6, 6.07) is 1.89. The van der Waals surface area contributed by atoms with E-state index in [0.29, 0.717) is 0 Å². The van der Waals surface area contributed by atoms with Crippen LogP contribution in [0.15, 0.2) is 18.5 Å². The van der Waals surface area contributed by atoms with Gasteiger partial charge in [0.2, 0.25) is 0 Å². The summed E-state index contributed by atoms with van der Waals surface area (Å²) in [5, 5.41) is 9.39. The van der Waals surface area contributed by atoms with Gasteiger partial charge in [0.25, 0.3) is 0 Å². The van der Waals surface area contributed by atoms with Crippen LogP contribution >= 0.6 is 0 Å². The highest BCUT2D eigenvalue weighted by atomic mass is 16.3. The number of rotatable bonds is 9. The van der Waals surface area contributed by atoms with E-state index in [0.717, 1.165) is 50.4 Å². The van der Waals surface area contributed by atoms with Crippen LogP contribution in [-0.4, -0.2) is 47.7 Å². The molecular formula is C15H27N3O. The van der Waals surface area contributed by atoms with Crippen LogP contribution < -0.4 is 4.90 Å². The number of aliphatic hydroxyl groups is 1. The SMILES string of the molecule is CCN(CC)CCCN(CC)c1cnccc1CO. The van der Waals surface area contributed by atoms with Gasteiger partial charge in [0.15, 0.2) is 0 Å². The number of aliphatic hydroxyl groups excluding tert-OH is 1. The Morgan fingerprint density at radius 3 is 2.42 bits per heavy atom. The molecular weight excluding hydrogens is 238 g/mol. The fraction of sp³-hybridized carbons (Fsp3) is 0.667. The van der Waals surface area contributed by atoms with Crippen LogP contribution in [0, 0.1) is 0 Å². The molecule has 1 aromatic rings. The second kappa shape index (κ2) is 8.88. The van der Waals surface area contributed by atoms with E-state index in [-0.39, 0.29) is 6.61 Å². The van der Waals surface area contributed by atoms with E-state index in [2.05, 4.69) is 35.6 Å². The molecule has 1 rings (SSSR count). The fourth-order valence-corrected chi connectivity index (χ4v) is 2.31. The number of hydrogen-bond acceptors (Lipinski definition) is 4. The number of nitrogens with zero attached hydrogens (tertiary/aromatic N) is 3. The Morgan fingerprint density at radius 1 is 1.11 bits per heavy atom. The fourth-order valence-electron chi connectivity index (χ4n) is 2.31. The van der Waals surface area contributed by atoms with Gasteiger partial charge in [-0.05, 0) is 39.0 Å². The topological polar surface area (TPSA) is 39.6 Å². The van der Waals surface area contributed by atoms with Gasteiger partial charge in [-0.2, -0.15) is 0 Å². The lowest BCUT2D eigenvalue weighted by molar-refractivity contribution is 0.281. The first-order valence-electron chi connectivity index (χ1n) is 7.27. The van der Waals surface area contributed by atoms with Gasteiger partial charge in [0.1, 0.15) is 0 Å². The summed E-state index contributed by atoms with van der Waals surface area (Å²) in [5.41, 5.74) is 2.02. The molecule has 0 saturated heterocycles. The van der Waals surface area contributed by atoms with E-state index >= 15 is 0 Å². The van der Waals surface area contributed by atoms with Crippen LogP contribution in [0.5, 0.6) is 0 Å². The van der Waals surface area contributed by atoms with E-state index < -0.39 is 0 Å². The lowest BCUT2D eigenvalue weighted by atomic mass is 10.2. The predicted octanol–water partition coefficient (Wildman–Crippen LogP) is 2.13. The summed E-state index contributed by atoms with van der Waals surface area (Å²) < 4.78 is 0. The van der Waals surface area contributed by atoms with Crippen molar-refractivity contribution in [2.75, 3.05) is 37.6 Å². The Morgan fingerprint density at radius 2 is 1.84 bits per heavy atom. The molecule has 0 saturated carbocycles. The minimum absolute atomic E-state index is 0.0738. The summed E-state index contributed by atoms with van der Waals surface area (Å²) >= 11 is 0. The Kier molecular flexibility index (Phi) is 7.45. The molecule has 0 fully saturated rings. The molecule has 1 heterocycles. The van der Waals surface area contributed by atoms with Crippen LogP contribution in [0.25, 0.3) is 0 Å². The highest BCUT2D eigenvalue weighted by Gasteiger charge is 2.09. The molecule has 0 aliphatic heterocycles. The van der Waals surface area contributed by atoms with Gasteiger partial charge in [-0.1, -0.05) is 13.8 Å². The third-order valence-corrected chi connectivity index (χ3v) is 3.58. The van der Waals surface area contributed by atoms with E-state index in [4.69, 9.17) is 0 Å². The van der Waals surface area contributed by atoms with E-state index in [9.17, 15) is 5.11 Å². The molecule has 0 spiro atoms.